The average molecular weight is 261 g/mol. The molecule has 0 radical (unpaired) electrons. The Balaban J connectivity index is 1.86. The summed E-state index contributed by atoms with van der Waals surface area (Å²) in [6.07, 6.45) is 4.77. The molecule has 2 rings (SSSR count). The molecule has 0 atom stereocenters. The van der Waals surface area contributed by atoms with Crippen molar-refractivity contribution in [3.63, 3.8) is 0 Å². The summed E-state index contributed by atoms with van der Waals surface area (Å²) in [5.41, 5.74) is 2.52. The number of pyridine rings is 1. The Hall–Kier alpha value is -1.26. The van der Waals surface area contributed by atoms with Crippen molar-refractivity contribution in [2.24, 2.45) is 0 Å². The summed E-state index contributed by atoms with van der Waals surface area (Å²) < 4.78 is 0. The maximum absolute atomic E-state index is 4.47. The van der Waals surface area contributed by atoms with Crippen LogP contribution in [0.15, 0.2) is 24.5 Å². The molecule has 0 amide bonds. The summed E-state index contributed by atoms with van der Waals surface area (Å²) in [5, 5.41) is 1.16. The van der Waals surface area contributed by atoms with E-state index < -0.39 is 0 Å². The molecule has 0 bridgehead atoms. The fraction of sp³-hybridized carbons (Fsp3) is 0.429. The van der Waals surface area contributed by atoms with Crippen molar-refractivity contribution in [2.75, 3.05) is 13.6 Å². The zero-order valence-electron chi connectivity index (χ0n) is 11.2. The SMILES string of the molecule is Cc1nc(C)c(CN(C)CCc2ccncc2)s1. The van der Waals surface area contributed by atoms with E-state index in [1.165, 1.54) is 16.1 Å². The molecule has 0 N–H and O–H groups in total. The normalized spacial score (nSPS) is 11.1. The van der Waals surface area contributed by atoms with E-state index in [1.807, 2.05) is 12.4 Å². The topological polar surface area (TPSA) is 29.0 Å². The van der Waals surface area contributed by atoms with Gasteiger partial charge in [0, 0.05) is 30.4 Å². The van der Waals surface area contributed by atoms with Crippen LogP contribution in [0.4, 0.5) is 0 Å². The van der Waals surface area contributed by atoms with E-state index in [1.54, 1.807) is 11.3 Å². The first-order valence-electron chi connectivity index (χ1n) is 6.15. The molecule has 0 saturated carbocycles. The first-order chi connectivity index (χ1) is 8.65. The van der Waals surface area contributed by atoms with Crippen molar-refractivity contribution in [1.82, 2.24) is 14.9 Å². The lowest BCUT2D eigenvalue weighted by atomic mass is 10.2. The fourth-order valence-electron chi connectivity index (χ4n) is 1.91. The van der Waals surface area contributed by atoms with Gasteiger partial charge in [-0.25, -0.2) is 4.98 Å². The molecule has 4 heteroatoms. The van der Waals surface area contributed by atoms with E-state index >= 15 is 0 Å². The van der Waals surface area contributed by atoms with E-state index in [4.69, 9.17) is 0 Å². The smallest absolute Gasteiger partial charge is 0.0900 e. The first kappa shape index (κ1) is 13.2. The second-order valence-corrected chi connectivity index (χ2v) is 5.87. The zero-order chi connectivity index (χ0) is 13.0. The Morgan fingerprint density at radius 1 is 1.22 bits per heavy atom. The molecule has 2 heterocycles. The molecule has 3 nitrogen and oxygen atoms in total. The molecular weight excluding hydrogens is 242 g/mol. The van der Waals surface area contributed by atoms with Crippen LogP contribution in [0.2, 0.25) is 0 Å². The van der Waals surface area contributed by atoms with Crippen LogP contribution in [-0.4, -0.2) is 28.5 Å². The monoisotopic (exact) mass is 261 g/mol. The highest BCUT2D eigenvalue weighted by molar-refractivity contribution is 7.11. The number of hydrogen-bond acceptors (Lipinski definition) is 4. The third kappa shape index (κ3) is 3.62. The summed E-state index contributed by atoms with van der Waals surface area (Å²) in [4.78, 5) is 12.2. The molecule has 18 heavy (non-hydrogen) atoms. The average Bonchev–Trinajstić information content (AvgIpc) is 2.67. The summed E-state index contributed by atoms with van der Waals surface area (Å²) >= 11 is 1.80. The number of thiazole rings is 1. The van der Waals surface area contributed by atoms with Gasteiger partial charge >= 0.3 is 0 Å². The van der Waals surface area contributed by atoms with Gasteiger partial charge in [-0.3, -0.25) is 4.98 Å². The maximum atomic E-state index is 4.47. The molecule has 96 valence electrons. The van der Waals surface area contributed by atoms with Crippen molar-refractivity contribution >= 4 is 11.3 Å². The zero-order valence-corrected chi connectivity index (χ0v) is 12.0. The Kier molecular flexibility index (Phi) is 4.44. The minimum atomic E-state index is 0.989. The predicted molar refractivity (Wildman–Crippen MR) is 75.9 cm³/mol. The Bertz CT molecular complexity index is 493. The highest BCUT2D eigenvalue weighted by Crippen LogP contribution is 2.18. The second kappa shape index (κ2) is 6.07. The van der Waals surface area contributed by atoms with Crippen LogP contribution in [0.25, 0.3) is 0 Å². The van der Waals surface area contributed by atoms with Crippen LogP contribution in [-0.2, 0) is 13.0 Å². The molecule has 2 aromatic heterocycles. The minimum absolute atomic E-state index is 0.989. The van der Waals surface area contributed by atoms with Gasteiger partial charge in [-0.15, -0.1) is 11.3 Å². The van der Waals surface area contributed by atoms with Gasteiger partial charge < -0.3 is 4.90 Å². The van der Waals surface area contributed by atoms with Crippen LogP contribution < -0.4 is 0 Å². The standard InChI is InChI=1S/C14H19N3S/c1-11-14(18-12(2)16-11)10-17(3)9-6-13-4-7-15-8-5-13/h4-5,7-8H,6,9-10H2,1-3H3. The molecule has 0 aliphatic carbocycles. The highest BCUT2D eigenvalue weighted by atomic mass is 32.1. The lowest BCUT2D eigenvalue weighted by molar-refractivity contribution is 0.333. The van der Waals surface area contributed by atoms with E-state index in [2.05, 4.69) is 47.9 Å². The van der Waals surface area contributed by atoms with Crippen molar-refractivity contribution in [2.45, 2.75) is 26.8 Å². The lowest BCUT2D eigenvalue weighted by Gasteiger charge is -2.15. The van der Waals surface area contributed by atoms with E-state index in [-0.39, 0.29) is 0 Å². The van der Waals surface area contributed by atoms with Gasteiger partial charge in [-0.05, 0) is 45.0 Å². The summed E-state index contributed by atoms with van der Waals surface area (Å²) in [6.45, 7) is 6.20. The number of aryl methyl sites for hydroxylation is 2. The number of likely N-dealkylation sites (N-methyl/N-ethyl adjacent to an activating group) is 1. The van der Waals surface area contributed by atoms with Crippen LogP contribution in [0.3, 0.4) is 0 Å². The van der Waals surface area contributed by atoms with Gasteiger partial charge in [-0.2, -0.15) is 0 Å². The Labute approximate surface area is 113 Å². The summed E-state index contributed by atoms with van der Waals surface area (Å²) in [7, 11) is 2.16. The maximum Gasteiger partial charge on any atom is 0.0900 e. The number of hydrogen-bond donors (Lipinski definition) is 0. The van der Waals surface area contributed by atoms with E-state index in [9.17, 15) is 0 Å². The van der Waals surface area contributed by atoms with Crippen LogP contribution in [0.1, 0.15) is 21.1 Å². The second-order valence-electron chi connectivity index (χ2n) is 4.58. The Morgan fingerprint density at radius 2 is 1.94 bits per heavy atom. The molecule has 0 aliphatic rings. The first-order valence-corrected chi connectivity index (χ1v) is 6.97. The molecule has 0 aromatic carbocycles. The molecule has 2 aromatic rings. The van der Waals surface area contributed by atoms with E-state index in [0.717, 1.165) is 24.5 Å². The van der Waals surface area contributed by atoms with Gasteiger partial charge in [0.05, 0.1) is 10.7 Å². The van der Waals surface area contributed by atoms with Gasteiger partial charge in [0.2, 0.25) is 0 Å². The number of nitrogens with zero attached hydrogens (tertiary/aromatic N) is 3. The molecule has 0 unspecified atom stereocenters. The molecule has 0 aliphatic heterocycles. The number of aromatic nitrogens is 2. The minimum Gasteiger partial charge on any atom is -0.301 e. The summed E-state index contributed by atoms with van der Waals surface area (Å²) in [5.74, 6) is 0. The summed E-state index contributed by atoms with van der Waals surface area (Å²) in [6, 6.07) is 4.16. The highest BCUT2D eigenvalue weighted by Gasteiger charge is 2.07. The van der Waals surface area contributed by atoms with Crippen molar-refractivity contribution < 1.29 is 0 Å². The van der Waals surface area contributed by atoms with Crippen LogP contribution in [0, 0.1) is 13.8 Å². The quantitative estimate of drug-likeness (QED) is 0.828. The Morgan fingerprint density at radius 3 is 2.56 bits per heavy atom. The predicted octanol–water partition coefficient (Wildman–Crippen LogP) is 2.83. The fourth-order valence-corrected chi connectivity index (χ4v) is 2.93. The molecule has 0 spiro atoms. The van der Waals surface area contributed by atoms with Crippen molar-refractivity contribution in [3.8, 4) is 0 Å². The van der Waals surface area contributed by atoms with Crippen LogP contribution in [0.5, 0.6) is 0 Å². The van der Waals surface area contributed by atoms with E-state index in [0.29, 0.717) is 0 Å². The van der Waals surface area contributed by atoms with Crippen LogP contribution >= 0.6 is 11.3 Å². The van der Waals surface area contributed by atoms with Crippen molar-refractivity contribution in [3.05, 3.63) is 45.7 Å². The molecule has 0 saturated heterocycles. The van der Waals surface area contributed by atoms with Gasteiger partial charge in [0.25, 0.3) is 0 Å². The third-order valence-electron chi connectivity index (χ3n) is 2.94. The van der Waals surface area contributed by atoms with Gasteiger partial charge in [0.15, 0.2) is 0 Å². The molecular formula is C14H19N3S. The largest absolute Gasteiger partial charge is 0.301 e. The lowest BCUT2D eigenvalue weighted by Crippen LogP contribution is -2.20. The molecule has 0 fully saturated rings. The van der Waals surface area contributed by atoms with Crippen molar-refractivity contribution in [1.29, 1.82) is 0 Å². The van der Waals surface area contributed by atoms with Gasteiger partial charge in [-0.1, -0.05) is 0 Å². The number of rotatable bonds is 5. The third-order valence-corrected chi connectivity index (χ3v) is 4.00. The van der Waals surface area contributed by atoms with Gasteiger partial charge in [0.1, 0.15) is 0 Å².